The first kappa shape index (κ1) is 15.0. The molecule has 1 heterocycles. The second kappa shape index (κ2) is 7.99. The van der Waals surface area contributed by atoms with E-state index in [1.165, 1.54) is 5.52 Å². The quantitative estimate of drug-likeness (QED) is 0.709. The molecule has 0 atom stereocenters. The second-order valence-corrected chi connectivity index (χ2v) is 4.71. The minimum absolute atomic E-state index is 0.660. The molecule has 0 radical (unpaired) electrons. The molecule has 0 bridgehead atoms. The predicted molar refractivity (Wildman–Crippen MR) is 79.7 cm³/mol. The Hall–Kier alpha value is -1.43. The van der Waals surface area contributed by atoms with Gasteiger partial charge in [0.15, 0.2) is 0 Å². The molecular formula is C15H23N3O2. The Morgan fingerprint density at radius 1 is 1.20 bits per heavy atom. The minimum Gasteiger partial charge on any atom is -0.382 e. The Balaban J connectivity index is 1.69. The van der Waals surface area contributed by atoms with E-state index in [1.807, 2.05) is 18.2 Å². The molecule has 2 aromatic rings. The monoisotopic (exact) mass is 277 g/mol. The van der Waals surface area contributed by atoms with Gasteiger partial charge in [0.1, 0.15) is 5.82 Å². The van der Waals surface area contributed by atoms with Gasteiger partial charge in [-0.25, -0.2) is 4.98 Å². The molecule has 0 spiro atoms. The smallest absolute Gasteiger partial charge is 0.123 e. The molecule has 0 aliphatic rings. The number of aromatic nitrogens is 2. The van der Waals surface area contributed by atoms with Gasteiger partial charge in [-0.15, -0.1) is 0 Å². The lowest BCUT2D eigenvalue weighted by Gasteiger charge is -2.06. The van der Waals surface area contributed by atoms with Crippen LogP contribution >= 0.6 is 0 Å². The number of ether oxygens (including phenoxy) is 2. The van der Waals surface area contributed by atoms with Crippen LogP contribution in [-0.4, -0.2) is 43.0 Å². The van der Waals surface area contributed by atoms with E-state index in [9.17, 15) is 0 Å². The minimum atomic E-state index is 0.660. The van der Waals surface area contributed by atoms with Crippen molar-refractivity contribution >= 4 is 11.0 Å². The number of aryl methyl sites for hydroxylation is 1. The Kier molecular flexibility index (Phi) is 5.98. The van der Waals surface area contributed by atoms with Gasteiger partial charge >= 0.3 is 0 Å². The van der Waals surface area contributed by atoms with E-state index in [0.717, 1.165) is 37.5 Å². The third-order valence-corrected chi connectivity index (χ3v) is 3.24. The lowest BCUT2D eigenvalue weighted by Crippen LogP contribution is -2.19. The number of hydrogen-bond donors (Lipinski definition) is 1. The zero-order valence-corrected chi connectivity index (χ0v) is 12.3. The lowest BCUT2D eigenvalue weighted by molar-refractivity contribution is 0.0694. The van der Waals surface area contributed by atoms with Gasteiger partial charge in [0.25, 0.3) is 0 Å². The van der Waals surface area contributed by atoms with Crippen LogP contribution in [0, 0.1) is 0 Å². The summed E-state index contributed by atoms with van der Waals surface area (Å²) in [5.74, 6) is 1.06. The van der Waals surface area contributed by atoms with Crippen molar-refractivity contribution in [2.75, 3.05) is 33.5 Å². The summed E-state index contributed by atoms with van der Waals surface area (Å²) in [5, 5.41) is 3.40. The van der Waals surface area contributed by atoms with Crippen LogP contribution in [0.2, 0.25) is 0 Å². The third-order valence-electron chi connectivity index (χ3n) is 3.24. The highest BCUT2D eigenvalue weighted by Crippen LogP contribution is 2.13. The van der Waals surface area contributed by atoms with Crippen molar-refractivity contribution in [2.45, 2.75) is 13.0 Å². The standard InChI is InChI=1S/C15H23N3O2/c1-18-14-7-4-3-6-13(14)17-15(18)12-16-8-5-9-20-11-10-19-2/h3-4,6-7,16H,5,8-12H2,1-2H3. The van der Waals surface area contributed by atoms with Crippen molar-refractivity contribution in [1.82, 2.24) is 14.9 Å². The third kappa shape index (κ3) is 4.03. The highest BCUT2D eigenvalue weighted by atomic mass is 16.5. The van der Waals surface area contributed by atoms with Crippen LogP contribution in [0.4, 0.5) is 0 Å². The molecule has 2 rings (SSSR count). The molecule has 5 heteroatoms. The van der Waals surface area contributed by atoms with Crippen molar-refractivity contribution in [3.63, 3.8) is 0 Å². The topological polar surface area (TPSA) is 48.3 Å². The molecule has 1 aromatic carbocycles. The maximum Gasteiger partial charge on any atom is 0.123 e. The first-order chi connectivity index (χ1) is 9.83. The number of fused-ring (bicyclic) bond motifs is 1. The van der Waals surface area contributed by atoms with E-state index >= 15 is 0 Å². The van der Waals surface area contributed by atoms with Gasteiger partial charge in [0.2, 0.25) is 0 Å². The van der Waals surface area contributed by atoms with Crippen molar-refractivity contribution < 1.29 is 9.47 Å². The summed E-state index contributed by atoms with van der Waals surface area (Å²) < 4.78 is 12.5. The van der Waals surface area contributed by atoms with E-state index < -0.39 is 0 Å². The van der Waals surface area contributed by atoms with Crippen LogP contribution in [0.15, 0.2) is 24.3 Å². The first-order valence-electron chi connectivity index (χ1n) is 7.00. The van der Waals surface area contributed by atoms with Gasteiger partial charge in [-0.3, -0.25) is 0 Å². The number of benzene rings is 1. The fourth-order valence-electron chi connectivity index (χ4n) is 2.10. The van der Waals surface area contributed by atoms with Crippen molar-refractivity contribution in [3.8, 4) is 0 Å². The van der Waals surface area contributed by atoms with Crippen LogP contribution in [0.1, 0.15) is 12.2 Å². The Bertz CT molecular complexity index is 525. The molecule has 1 N–H and O–H groups in total. The zero-order chi connectivity index (χ0) is 14.2. The van der Waals surface area contributed by atoms with E-state index in [1.54, 1.807) is 7.11 Å². The molecule has 110 valence electrons. The maximum atomic E-state index is 5.41. The van der Waals surface area contributed by atoms with Crippen LogP contribution in [-0.2, 0) is 23.1 Å². The fraction of sp³-hybridized carbons (Fsp3) is 0.533. The number of nitrogens with one attached hydrogen (secondary N) is 1. The summed E-state index contributed by atoms with van der Waals surface area (Å²) in [4.78, 5) is 4.62. The Morgan fingerprint density at radius 2 is 2.05 bits per heavy atom. The summed E-state index contributed by atoms with van der Waals surface area (Å²) in [7, 11) is 3.74. The number of methoxy groups -OCH3 is 1. The van der Waals surface area contributed by atoms with E-state index in [2.05, 4.69) is 28.0 Å². The molecule has 0 saturated heterocycles. The highest BCUT2D eigenvalue weighted by molar-refractivity contribution is 5.75. The van der Waals surface area contributed by atoms with Gasteiger partial charge in [0, 0.05) is 20.8 Å². The average Bonchev–Trinajstić information content (AvgIpc) is 2.79. The van der Waals surface area contributed by atoms with Crippen LogP contribution in [0.3, 0.4) is 0 Å². The number of hydrogen-bond acceptors (Lipinski definition) is 4. The molecule has 0 aliphatic heterocycles. The summed E-state index contributed by atoms with van der Waals surface area (Å²) in [6.07, 6.45) is 0.994. The van der Waals surface area contributed by atoms with Gasteiger partial charge in [-0.05, 0) is 25.1 Å². The maximum absolute atomic E-state index is 5.41. The number of para-hydroxylation sites is 2. The van der Waals surface area contributed by atoms with E-state index in [0.29, 0.717) is 13.2 Å². The van der Waals surface area contributed by atoms with Crippen LogP contribution in [0.25, 0.3) is 11.0 Å². The molecule has 20 heavy (non-hydrogen) atoms. The molecule has 0 fully saturated rings. The Morgan fingerprint density at radius 3 is 2.85 bits per heavy atom. The zero-order valence-electron chi connectivity index (χ0n) is 12.3. The van der Waals surface area contributed by atoms with E-state index in [-0.39, 0.29) is 0 Å². The number of nitrogens with zero attached hydrogens (tertiary/aromatic N) is 2. The van der Waals surface area contributed by atoms with Crippen LogP contribution < -0.4 is 5.32 Å². The molecule has 0 aliphatic carbocycles. The molecule has 0 unspecified atom stereocenters. The van der Waals surface area contributed by atoms with Crippen molar-refractivity contribution in [1.29, 1.82) is 0 Å². The van der Waals surface area contributed by atoms with E-state index in [4.69, 9.17) is 9.47 Å². The fourth-order valence-corrected chi connectivity index (χ4v) is 2.10. The SMILES string of the molecule is COCCOCCCNCc1nc2ccccc2n1C. The van der Waals surface area contributed by atoms with Gasteiger partial charge < -0.3 is 19.4 Å². The molecular weight excluding hydrogens is 254 g/mol. The van der Waals surface area contributed by atoms with Gasteiger partial charge in [0.05, 0.1) is 30.8 Å². The highest BCUT2D eigenvalue weighted by Gasteiger charge is 2.05. The average molecular weight is 277 g/mol. The second-order valence-electron chi connectivity index (χ2n) is 4.71. The summed E-state index contributed by atoms with van der Waals surface area (Å²) in [6, 6.07) is 8.19. The normalized spacial score (nSPS) is 11.3. The largest absolute Gasteiger partial charge is 0.382 e. The molecule has 0 amide bonds. The summed E-state index contributed by atoms with van der Waals surface area (Å²) in [5.41, 5.74) is 2.22. The number of rotatable bonds is 9. The molecule has 1 aromatic heterocycles. The van der Waals surface area contributed by atoms with Crippen molar-refractivity contribution in [3.05, 3.63) is 30.1 Å². The van der Waals surface area contributed by atoms with Gasteiger partial charge in [-0.2, -0.15) is 0 Å². The summed E-state index contributed by atoms with van der Waals surface area (Å²) >= 11 is 0. The number of imidazole rings is 1. The van der Waals surface area contributed by atoms with Crippen molar-refractivity contribution in [2.24, 2.45) is 7.05 Å². The molecule has 5 nitrogen and oxygen atoms in total. The predicted octanol–water partition coefficient (Wildman–Crippen LogP) is 1.72. The van der Waals surface area contributed by atoms with Gasteiger partial charge in [-0.1, -0.05) is 12.1 Å². The summed E-state index contributed by atoms with van der Waals surface area (Å²) in [6.45, 7) is 3.80. The van der Waals surface area contributed by atoms with Crippen LogP contribution in [0.5, 0.6) is 0 Å². The first-order valence-corrected chi connectivity index (χ1v) is 7.00. The lowest BCUT2D eigenvalue weighted by atomic mass is 10.3. The molecule has 0 saturated carbocycles. The Labute approximate surface area is 119 Å².